The Balaban J connectivity index is 1.94. The molecule has 0 saturated carbocycles. The summed E-state index contributed by atoms with van der Waals surface area (Å²) in [6.07, 6.45) is 0.292. The van der Waals surface area contributed by atoms with Crippen LogP contribution in [0.5, 0.6) is 5.75 Å². The molecule has 8 nitrogen and oxygen atoms in total. The largest absolute Gasteiger partial charge is 0.495 e. The van der Waals surface area contributed by atoms with Gasteiger partial charge in [-0.25, -0.2) is 4.79 Å². The minimum Gasteiger partial charge on any atom is -0.495 e. The van der Waals surface area contributed by atoms with Gasteiger partial charge in [0.05, 0.1) is 18.5 Å². The van der Waals surface area contributed by atoms with Crippen LogP contribution in [0.4, 0.5) is 17.1 Å². The second-order valence-corrected chi connectivity index (χ2v) is 7.02. The number of carbonyl (C=O) groups excluding carboxylic acids is 2. The summed E-state index contributed by atoms with van der Waals surface area (Å²) >= 11 is 0. The maximum Gasteiger partial charge on any atom is 0.338 e. The van der Waals surface area contributed by atoms with E-state index >= 15 is 0 Å². The third-order valence-electron chi connectivity index (χ3n) is 4.91. The van der Waals surface area contributed by atoms with Crippen LogP contribution < -0.4 is 25.9 Å². The summed E-state index contributed by atoms with van der Waals surface area (Å²) in [6, 6.07) is 13.3. The fraction of sp³-hybridized carbons (Fsp3) is 0.261. The van der Waals surface area contributed by atoms with Crippen molar-refractivity contribution in [3.05, 3.63) is 59.0 Å². The van der Waals surface area contributed by atoms with Crippen LogP contribution in [0.3, 0.4) is 0 Å². The summed E-state index contributed by atoms with van der Waals surface area (Å²) in [4.78, 5) is 38.0. The average molecular weight is 423 g/mol. The minimum absolute atomic E-state index is 0.210. The highest BCUT2D eigenvalue weighted by atomic mass is 16.5. The van der Waals surface area contributed by atoms with Crippen LogP contribution in [0, 0.1) is 0 Å². The normalized spacial score (nSPS) is 11.6. The second kappa shape index (κ2) is 9.34. The van der Waals surface area contributed by atoms with E-state index in [-0.39, 0.29) is 11.8 Å². The highest BCUT2D eigenvalue weighted by molar-refractivity contribution is 5.99. The van der Waals surface area contributed by atoms with Gasteiger partial charge in [0.25, 0.3) is 0 Å². The third-order valence-corrected chi connectivity index (χ3v) is 4.91. The molecule has 2 aromatic carbocycles. The van der Waals surface area contributed by atoms with E-state index in [1.54, 1.807) is 38.1 Å². The summed E-state index contributed by atoms with van der Waals surface area (Å²) in [5.74, 6) is -0.111. The molecule has 8 heteroatoms. The van der Waals surface area contributed by atoms with E-state index in [1.807, 2.05) is 30.1 Å². The number of methoxy groups -OCH3 is 1. The molecule has 31 heavy (non-hydrogen) atoms. The smallest absolute Gasteiger partial charge is 0.338 e. The van der Waals surface area contributed by atoms with Gasteiger partial charge in [0.15, 0.2) is 0 Å². The number of amides is 2. The van der Waals surface area contributed by atoms with Crippen molar-refractivity contribution in [2.24, 2.45) is 0 Å². The number of rotatable bonds is 7. The first kappa shape index (κ1) is 21.9. The monoisotopic (exact) mass is 423 g/mol. The molecule has 162 valence electrons. The molecule has 2 N–H and O–H groups in total. The van der Waals surface area contributed by atoms with Crippen molar-refractivity contribution in [1.82, 2.24) is 5.32 Å². The molecule has 1 heterocycles. The first-order chi connectivity index (χ1) is 14.8. The van der Waals surface area contributed by atoms with Crippen LogP contribution in [0.1, 0.15) is 20.3 Å². The fourth-order valence-corrected chi connectivity index (χ4v) is 3.16. The highest BCUT2D eigenvalue weighted by Crippen LogP contribution is 2.34. The molecular formula is C23H25N3O5. The van der Waals surface area contributed by atoms with Crippen LogP contribution >= 0.6 is 0 Å². The summed E-state index contributed by atoms with van der Waals surface area (Å²) in [5, 5.41) is 6.21. The van der Waals surface area contributed by atoms with Gasteiger partial charge in [-0.2, -0.15) is 0 Å². The Hall–Kier alpha value is -3.81. The van der Waals surface area contributed by atoms with E-state index in [0.717, 1.165) is 11.1 Å². The van der Waals surface area contributed by atoms with Gasteiger partial charge >= 0.3 is 5.63 Å². The van der Waals surface area contributed by atoms with Crippen molar-refractivity contribution < 1.29 is 18.7 Å². The number of hydrogen-bond donors (Lipinski definition) is 2. The number of hydrogen-bond acceptors (Lipinski definition) is 6. The van der Waals surface area contributed by atoms with Gasteiger partial charge in [0.2, 0.25) is 11.8 Å². The molecule has 0 spiro atoms. The first-order valence-electron chi connectivity index (χ1n) is 9.89. The maximum absolute atomic E-state index is 12.6. The Bertz CT molecular complexity index is 1170. The molecule has 0 saturated heterocycles. The molecule has 0 aliphatic rings. The van der Waals surface area contributed by atoms with Crippen molar-refractivity contribution in [2.75, 3.05) is 24.4 Å². The van der Waals surface area contributed by atoms with Gasteiger partial charge in [-0.15, -0.1) is 0 Å². The lowest BCUT2D eigenvalue weighted by Crippen LogP contribution is -2.41. The van der Waals surface area contributed by atoms with Gasteiger partial charge in [-0.1, -0.05) is 19.1 Å². The van der Waals surface area contributed by atoms with E-state index in [4.69, 9.17) is 9.15 Å². The van der Waals surface area contributed by atoms with Crippen molar-refractivity contribution >= 4 is 39.8 Å². The Morgan fingerprint density at radius 3 is 2.61 bits per heavy atom. The van der Waals surface area contributed by atoms with Crippen LogP contribution in [0.25, 0.3) is 11.0 Å². The number of nitrogens with zero attached hydrogens (tertiary/aromatic N) is 1. The quantitative estimate of drug-likeness (QED) is 0.565. The molecule has 1 unspecified atom stereocenters. The van der Waals surface area contributed by atoms with Crippen molar-refractivity contribution in [1.29, 1.82) is 0 Å². The SMILES string of the molecule is CCC(=O)NC(C)C(=O)Nc1cc(N(C)c2cc(=O)oc3ccccc23)ccc1OC. The minimum atomic E-state index is -0.707. The molecule has 1 atom stereocenters. The number of carbonyl (C=O) groups is 2. The molecule has 0 bridgehead atoms. The molecule has 3 rings (SSSR count). The lowest BCUT2D eigenvalue weighted by molar-refractivity contribution is -0.125. The third kappa shape index (κ3) is 4.85. The Morgan fingerprint density at radius 2 is 1.90 bits per heavy atom. The van der Waals surface area contributed by atoms with Crippen LogP contribution in [0.15, 0.2) is 57.7 Å². The van der Waals surface area contributed by atoms with Gasteiger partial charge < -0.3 is 24.7 Å². The zero-order valence-electron chi connectivity index (χ0n) is 17.9. The molecule has 1 aromatic heterocycles. The van der Waals surface area contributed by atoms with Crippen LogP contribution in [-0.4, -0.2) is 32.0 Å². The van der Waals surface area contributed by atoms with Gasteiger partial charge in [-0.05, 0) is 37.3 Å². The van der Waals surface area contributed by atoms with Crippen molar-refractivity contribution in [3.63, 3.8) is 0 Å². The zero-order valence-corrected chi connectivity index (χ0v) is 17.9. The Labute approximate surface area is 179 Å². The second-order valence-electron chi connectivity index (χ2n) is 7.02. The van der Waals surface area contributed by atoms with Crippen molar-refractivity contribution in [3.8, 4) is 5.75 Å². The first-order valence-corrected chi connectivity index (χ1v) is 9.89. The number of nitrogens with one attached hydrogen (secondary N) is 2. The molecule has 2 amide bonds. The van der Waals surface area contributed by atoms with E-state index in [9.17, 15) is 14.4 Å². The van der Waals surface area contributed by atoms with Gasteiger partial charge in [0, 0.05) is 30.6 Å². The lowest BCUT2D eigenvalue weighted by atomic mass is 10.1. The molecule has 0 aliphatic carbocycles. The van der Waals surface area contributed by atoms with E-state index in [0.29, 0.717) is 29.1 Å². The predicted octanol–water partition coefficient (Wildman–Crippen LogP) is 3.42. The number of para-hydroxylation sites is 1. The van der Waals surface area contributed by atoms with Crippen molar-refractivity contribution in [2.45, 2.75) is 26.3 Å². The Morgan fingerprint density at radius 1 is 1.16 bits per heavy atom. The maximum atomic E-state index is 12.6. The molecule has 0 aliphatic heterocycles. The summed E-state index contributed by atoms with van der Waals surface area (Å²) in [5.41, 5.74) is 1.86. The topological polar surface area (TPSA) is 101 Å². The number of benzene rings is 2. The van der Waals surface area contributed by atoms with E-state index < -0.39 is 11.7 Å². The lowest BCUT2D eigenvalue weighted by Gasteiger charge is -2.23. The molecule has 0 radical (unpaired) electrons. The average Bonchev–Trinajstić information content (AvgIpc) is 2.77. The fourth-order valence-electron chi connectivity index (χ4n) is 3.16. The van der Waals surface area contributed by atoms with Gasteiger partial charge in [0.1, 0.15) is 17.4 Å². The van der Waals surface area contributed by atoms with Crippen LogP contribution in [-0.2, 0) is 9.59 Å². The van der Waals surface area contributed by atoms with Gasteiger partial charge in [-0.3, -0.25) is 9.59 Å². The molecule has 3 aromatic rings. The molecular weight excluding hydrogens is 398 g/mol. The van der Waals surface area contributed by atoms with E-state index in [1.165, 1.54) is 13.2 Å². The van der Waals surface area contributed by atoms with E-state index in [2.05, 4.69) is 10.6 Å². The number of anilines is 3. The molecule has 0 fully saturated rings. The Kier molecular flexibility index (Phi) is 6.59. The zero-order chi connectivity index (χ0) is 22.5. The number of ether oxygens (including phenoxy) is 1. The van der Waals surface area contributed by atoms with Crippen LogP contribution in [0.2, 0.25) is 0 Å². The summed E-state index contributed by atoms with van der Waals surface area (Å²) in [6.45, 7) is 3.33. The summed E-state index contributed by atoms with van der Waals surface area (Å²) < 4.78 is 10.6. The number of fused-ring (bicyclic) bond motifs is 1. The summed E-state index contributed by atoms with van der Waals surface area (Å²) in [7, 11) is 3.32. The standard InChI is InChI=1S/C23H25N3O5/c1-5-21(27)24-14(2)23(29)25-17-12-15(10-11-20(17)30-4)26(3)18-13-22(28)31-19-9-7-6-8-16(18)19/h6-14H,5H2,1-4H3,(H,24,27)(H,25,29). The predicted molar refractivity (Wildman–Crippen MR) is 120 cm³/mol. The highest BCUT2D eigenvalue weighted by Gasteiger charge is 2.18.